The van der Waals surface area contributed by atoms with Crippen LogP contribution in [0.3, 0.4) is 0 Å². The molecule has 0 atom stereocenters. The summed E-state index contributed by atoms with van der Waals surface area (Å²) in [6, 6.07) is 10.9. The Kier molecular flexibility index (Phi) is 4.14. The quantitative estimate of drug-likeness (QED) is 0.693. The molecule has 0 radical (unpaired) electrons. The highest BCUT2D eigenvalue weighted by molar-refractivity contribution is 5.89. The number of hydrogen-bond donors (Lipinski definition) is 0. The van der Waals surface area contributed by atoms with Crippen LogP contribution in [0.4, 0.5) is 0 Å². The Morgan fingerprint density at radius 1 is 1.17 bits per heavy atom. The molecule has 0 saturated heterocycles. The zero-order valence-corrected chi connectivity index (χ0v) is 12.9. The molecular weight excluding hydrogens is 292 g/mol. The summed E-state index contributed by atoms with van der Waals surface area (Å²) in [5.41, 5.74) is 3.00. The van der Waals surface area contributed by atoms with Crippen molar-refractivity contribution in [3.05, 3.63) is 71.4 Å². The summed E-state index contributed by atoms with van der Waals surface area (Å²) in [4.78, 5) is 20.4. The standard InChI is InChI=1S/C17H16N4O2/c1-12-9-13(2)21(20-12)16-7-6-14(10-19-16)17(22)23-11-15-5-3-4-8-18-15/h3-10H,11H2,1-2H3. The van der Waals surface area contributed by atoms with E-state index < -0.39 is 5.97 Å². The first-order chi connectivity index (χ1) is 11.1. The van der Waals surface area contributed by atoms with Crippen molar-refractivity contribution in [1.29, 1.82) is 0 Å². The number of aryl methyl sites for hydroxylation is 2. The van der Waals surface area contributed by atoms with Gasteiger partial charge < -0.3 is 4.74 Å². The second-order valence-electron chi connectivity index (χ2n) is 5.14. The van der Waals surface area contributed by atoms with Crippen LogP contribution in [-0.4, -0.2) is 25.7 Å². The largest absolute Gasteiger partial charge is 0.456 e. The molecule has 0 aromatic carbocycles. The van der Waals surface area contributed by atoms with E-state index in [1.807, 2.05) is 32.0 Å². The van der Waals surface area contributed by atoms with E-state index in [9.17, 15) is 4.79 Å². The molecule has 3 rings (SSSR count). The van der Waals surface area contributed by atoms with Gasteiger partial charge in [0.15, 0.2) is 5.82 Å². The minimum absolute atomic E-state index is 0.138. The zero-order chi connectivity index (χ0) is 16.2. The topological polar surface area (TPSA) is 69.9 Å². The highest BCUT2D eigenvalue weighted by atomic mass is 16.5. The van der Waals surface area contributed by atoms with Gasteiger partial charge in [-0.3, -0.25) is 4.98 Å². The molecule has 0 bridgehead atoms. The Balaban J connectivity index is 1.69. The molecular formula is C17H16N4O2. The molecule has 116 valence electrons. The molecule has 23 heavy (non-hydrogen) atoms. The molecule has 0 aliphatic carbocycles. The molecule has 3 aromatic rings. The number of hydrogen-bond acceptors (Lipinski definition) is 5. The van der Waals surface area contributed by atoms with Gasteiger partial charge in [0.1, 0.15) is 6.61 Å². The average Bonchev–Trinajstić information content (AvgIpc) is 2.92. The van der Waals surface area contributed by atoms with Gasteiger partial charge in [0, 0.05) is 18.1 Å². The zero-order valence-electron chi connectivity index (χ0n) is 12.9. The Morgan fingerprint density at radius 3 is 2.65 bits per heavy atom. The van der Waals surface area contributed by atoms with E-state index >= 15 is 0 Å². The van der Waals surface area contributed by atoms with Gasteiger partial charge in [-0.2, -0.15) is 5.10 Å². The maximum absolute atomic E-state index is 12.0. The molecule has 0 N–H and O–H groups in total. The Hall–Kier alpha value is -3.02. The number of carbonyl (C=O) groups is 1. The van der Waals surface area contributed by atoms with E-state index in [1.54, 1.807) is 29.1 Å². The maximum Gasteiger partial charge on any atom is 0.340 e. The molecule has 0 amide bonds. The number of rotatable bonds is 4. The minimum atomic E-state index is -0.428. The third kappa shape index (κ3) is 3.42. The third-order valence-corrected chi connectivity index (χ3v) is 3.29. The lowest BCUT2D eigenvalue weighted by Gasteiger charge is -2.06. The van der Waals surface area contributed by atoms with Crippen LogP contribution in [0.1, 0.15) is 27.4 Å². The average molecular weight is 308 g/mol. The normalized spacial score (nSPS) is 10.5. The lowest BCUT2D eigenvalue weighted by Crippen LogP contribution is -2.08. The van der Waals surface area contributed by atoms with Crippen LogP contribution in [0.15, 0.2) is 48.8 Å². The lowest BCUT2D eigenvalue weighted by molar-refractivity contribution is 0.0467. The molecule has 0 fully saturated rings. The first-order valence-corrected chi connectivity index (χ1v) is 7.20. The number of ether oxygens (including phenoxy) is 1. The van der Waals surface area contributed by atoms with Crippen LogP contribution in [0.2, 0.25) is 0 Å². The molecule has 3 aromatic heterocycles. The van der Waals surface area contributed by atoms with Gasteiger partial charge in [-0.1, -0.05) is 6.07 Å². The lowest BCUT2D eigenvalue weighted by atomic mass is 10.3. The van der Waals surface area contributed by atoms with E-state index in [4.69, 9.17) is 4.74 Å². The summed E-state index contributed by atoms with van der Waals surface area (Å²) in [5.74, 6) is 0.236. The van der Waals surface area contributed by atoms with E-state index in [1.165, 1.54) is 6.20 Å². The fourth-order valence-corrected chi connectivity index (χ4v) is 2.20. The van der Waals surface area contributed by atoms with E-state index in [0.29, 0.717) is 17.1 Å². The number of carbonyl (C=O) groups excluding carboxylic acids is 1. The first kappa shape index (κ1) is 14.9. The molecule has 6 nitrogen and oxygen atoms in total. The number of esters is 1. The molecule has 0 spiro atoms. The van der Waals surface area contributed by atoms with Gasteiger partial charge in [-0.05, 0) is 44.2 Å². The molecule has 0 aliphatic heterocycles. The SMILES string of the molecule is Cc1cc(C)n(-c2ccc(C(=O)OCc3ccccn3)cn2)n1. The van der Waals surface area contributed by atoms with Crippen LogP contribution in [-0.2, 0) is 11.3 Å². The first-order valence-electron chi connectivity index (χ1n) is 7.20. The van der Waals surface area contributed by atoms with Crippen molar-refractivity contribution < 1.29 is 9.53 Å². The maximum atomic E-state index is 12.0. The third-order valence-electron chi connectivity index (χ3n) is 3.29. The summed E-state index contributed by atoms with van der Waals surface area (Å²) in [7, 11) is 0. The van der Waals surface area contributed by atoms with Crippen LogP contribution >= 0.6 is 0 Å². The van der Waals surface area contributed by atoms with Gasteiger partial charge in [0.25, 0.3) is 0 Å². The number of aromatic nitrogens is 4. The fraction of sp³-hybridized carbons (Fsp3) is 0.176. The van der Waals surface area contributed by atoms with Crippen molar-refractivity contribution in [1.82, 2.24) is 19.7 Å². The van der Waals surface area contributed by atoms with Crippen molar-refractivity contribution in [2.45, 2.75) is 20.5 Å². The van der Waals surface area contributed by atoms with E-state index in [-0.39, 0.29) is 6.61 Å². The predicted molar refractivity (Wildman–Crippen MR) is 84.2 cm³/mol. The van der Waals surface area contributed by atoms with Gasteiger partial charge >= 0.3 is 5.97 Å². The smallest absolute Gasteiger partial charge is 0.340 e. The van der Waals surface area contributed by atoms with Crippen molar-refractivity contribution in [2.24, 2.45) is 0 Å². The summed E-state index contributed by atoms with van der Waals surface area (Å²) in [6.45, 7) is 4.02. The summed E-state index contributed by atoms with van der Waals surface area (Å²) >= 11 is 0. The van der Waals surface area contributed by atoms with Crippen LogP contribution in [0.25, 0.3) is 5.82 Å². The van der Waals surface area contributed by atoms with Crippen molar-refractivity contribution in [3.63, 3.8) is 0 Å². The summed E-state index contributed by atoms with van der Waals surface area (Å²) in [5, 5.41) is 4.36. The molecule has 0 unspecified atom stereocenters. The van der Waals surface area contributed by atoms with Gasteiger partial charge in [-0.15, -0.1) is 0 Å². The molecule has 3 heterocycles. The van der Waals surface area contributed by atoms with Crippen LogP contribution in [0.5, 0.6) is 0 Å². The van der Waals surface area contributed by atoms with Crippen LogP contribution in [0, 0.1) is 13.8 Å². The Morgan fingerprint density at radius 2 is 2.04 bits per heavy atom. The minimum Gasteiger partial charge on any atom is -0.456 e. The second-order valence-corrected chi connectivity index (χ2v) is 5.14. The Labute approximate surface area is 133 Å². The summed E-state index contributed by atoms with van der Waals surface area (Å²) in [6.07, 6.45) is 3.15. The second kappa shape index (κ2) is 6.39. The molecule has 6 heteroatoms. The highest BCUT2D eigenvalue weighted by Crippen LogP contribution is 2.11. The van der Waals surface area contributed by atoms with Gasteiger partial charge in [-0.25, -0.2) is 14.5 Å². The Bertz CT molecular complexity index is 810. The predicted octanol–water partition coefficient (Wildman–Crippen LogP) is 2.64. The fourth-order valence-electron chi connectivity index (χ4n) is 2.20. The van der Waals surface area contributed by atoms with E-state index in [2.05, 4.69) is 15.1 Å². The van der Waals surface area contributed by atoms with Crippen molar-refractivity contribution in [3.8, 4) is 5.82 Å². The van der Waals surface area contributed by atoms with Crippen molar-refractivity contribution in [2.75, 3.05) is 0 Å². The van der Waals surface area contributed by atoms with Gasteiger partial charge in [0.2, 0.25) is 0 Å². The van der Waals surface area contributed by atoms with Crippen molar-refractivity contribution >= 4 is 5.97 Å². The van der Waals surface area contributed by atoms with E-state index in [0.717, 1.165) is 11.4 Å². The van der Waals surface area contributed by atoms with Crippen LogP contribution < -0.4 is 0 Å². The van der Waals surface area contributed by atoms with Gasteiger partial charge in [0.05, 0.1) is 17.0 Å². The number of nitrogens with zero attached hydrogens (tertiary/aromatic N) is 4. The monoisotopic (exact) mass is 308 g/mol. The molecule has 0 aliphatic rings. The summed E-state index contributed by atoms with van der Waals surface area (Å²) < 4.78 is 6.96. The number of pyridine rings is 2. The molecule has 0 saturated carbocycles. The highest BCUT2D eigenvalue weighted by Gasteiger charge is 2.10.